The van der Waals surface area contributed by atoms with E-state index in [1.807, 2.05) is 25.1 Å². The highest BCUT2D eigenvalue weighted by atomic mass is 16.5. The van der Waals surface area contributed by atoms with Gasteiger partial charge in [0, 0.05) is 12.6 Å². The van der Waals surface area contributed by atoms with Gasteiger partial charge in [-0.2, -0.15) is 5.26 Å². The Morgan fingerprint density at radius 3 is 2.86 bits per heavy atom. The van der Waals surface area contributed by atoms with Crippen LogP contribution in [0.5, 0.6) is 11.5 Å². The highest BCUT2D eigenvalue weighted by Gasteiger charge is 2.09. The molecule has 0 heterocycles. The van der Waals surface area contributed by atoms with Crippen molar-refractivity contribution >= 4 is 5.91 Å². The van der Waals surface area contributed by atoms with Crippen LogP contribution in [-0.4, -0.2) is 32.2 Å². The fraction of sp³-hybridized carbons (Fsp3) is 0.467. The second-order valence-electron chi connectivity index (χ2n) is 4.71. The van der Waals surface area contributed by atoms with Gasteiger partial charge in [0.05, 0.1) is 19.6 Å². The Balaban J connectivity index is 2.63. The van der Waals surface area contributed by atoms with E-state index in [2.05, 4.69) is 5.32 Å². The number of nitrogens with zero attached hydrogens (tertiary/aromatic N) is 1. The van der Waals surface area contributed by atoms with E-state index in [1.165, 1.54) is 0 Å². The lowest BCUT2D eigenvalue weighted by Crippen LogP contribution is -2.29. The number of hydrogen-bond donors (Lipinski definition) is 2. The lowest BCUT2D eigenvalue weighted by molar-refractivity contribution is -0.123. The second-order valence-corrected chi connectivity index (χ2v) is 4.71. The van der Waals surface area contributed by atoms with Crippen LogP contribution in [0.25, 0.3) is 0 Å². The quantitative estimate of drug-likeness (QED) is 0.696. The molecule has 1 aromatic rings. The minimum Gasteiger partial charge on any atom is -0.493 e. The molecule has 0 radical (unpaired) electrons. The molecule has 21 heavy (non-hydrogen) atoms. The average molecular weight is 291 g/mol. The van der Waals surface area contributed by atoms with Gasteiger partial charge in [0.1, 0.15) is 0 Å². The molecule has 0 aliphatic heterocycles. The van der Waals surface area contributed by atoms with Crippen LogP contribution in [0.4, 0.5) is 0 Å². The van der Waals surface area contributed by atoms with Crippen LogP contribution in [0.15, 0.2) is 18.2 Å². The van der Waals surface area contributed by atoms with Crippen molar-refractivity contribution in [2.45, 2.75) is 25.8 Å². The molecule has 1 rings (SSSR count). The zero-order chi connectivity index (χ0) is 15.7. The van der Waals surface area contributed by atoms with Gasteiger partial charge in [0.15, 0.2) is 18.1 Å². The van der Waals surface area contributed by atoms with E-state index >= 15 is 0 Å². The van der Waals surface area contributed by atoms with E-state index < -0.39 is 0 Å². The number of methoxy groups -OCH3 is 1. The van der Waals surface area contributed by atoms with E-state index in [0.29, 0.717) is 24.5 Å². The first kappa shape index (κ1) is 16.8. The number of nitrogens with two attached hydrogens (primary N) is 1. The summed E-state index contributed by atoms with van der Waals surface area (Å²) in [5, 5.41) is 11.0. The summed E-state index contributed by atoms with van der Waals surface area (Å²) in [6.45, 7) is 2.12. The molecular formula is C15H21N3O3. The molecule has 1 aromatic carbocycles. The molecule has 0 spiro atoms. The van der Waals surface area contributed by atoms with Crippen LogP contribution < -0.4 is 20.5 Å². The van der Waals surface area contributed by atoms with Gasteiger partial charge in [0.2, 0.25) is 0 Å². The van der Waals surface area contributed by atoms with Crippen LogP contribution in [0.1, 0.15) is 18.9 Å². The number of carbonyl (C=O) groups is 1. The summed E-state index contributed by atoms with van der Waals surface area (Å²) in [6, 6.07) is 7.53. The van der Waals surface area contributed by atoms with Gasteiger partial charge in [-0.05, 0) is 31.0 Å². The summed E-state index contributed by atoms with van der Waals surface area (Å²) in [5.41, 5.74) is 6.79. The molecule has 0 aromatic heterocycles. The fourth-order valence-corrected chi connectivity index (χ4v) is 1.78. The summed E-state index contributed by atoms with van der Waals surface area (Å²) in [5.74, 6) is 0.796. The van der Waals surface area contributed by atoms with Crippen molar-refractivity contribution in [3.63, 3.8) is 0 Å². The van der Waals surface area contributed by atoms with E-state index in [4.69, 9.17) is 20.5 Å². The molecule has 0 bridgehead atoms. The SMILES string of the molecule is COc1ccc(CC(C)N)cc1OCC(=O)NCCC#N. The maximum absolute atomic E-state index is 11.5. The van der Waals surface area contributed by atoms with Gasteiger partial charge >= 0.3 is 0 Å². The highest BCUT2D eigenvalue weighted by molar-refractivity contribution is 5.77. The van der Waals surface area contributed by atoms with Crippen LogP contribution in [0.2, 0.25) is 0 Å². The maximum atomic E-state index is 11.5. The van der Waals surface area contributed by atoms with E-state index in [0.717, 1.165) is 5.56 Å². The van der Waals surface area contributed by atoms with Gasteiger partial charge in [-0.15, -0.1) is 0 Å². The minimum atomic E-state index is -0.273. The zero-order valence-corrected chi connectivity index (χ0v) is 12.4. The Hall–Kier alpha value is -2.26. The number of amides is 1. The van der Waals surface area contributed by atoms with Gasteiger partial charge in [0.25, 0.3) is 5.91 Å². The molecule has 3 N–H and O–H groups in total. The molecule has 1 unspecified atom stereocenters. The van der Waals surface area contributed by atoms with Crippen molar-refractivity contribution in [3.8, 4) is 17.6 Å². The number of nitrogens with one attached hydrogen (secondary N) is 1. The van der Waals surface area contributed by atoms with Crippen molar-refractivity contribution in [1.82, 2.24) is 5.32 Å². The van der Waals surface area contributed by atoms with Crippen molar-refractivity contribution in [2.24, 2.45) is 5.73 Å². The largest absolute Gasteiger partial charge is 0.493 e. The summed E-state index contributed by atoms with van der Waals surface area (Å²) < 4.78 is 10.7. The number of hydrogen-bond acceptors (Lipinski definition) is 5. The highest BCUT2D eigenvalue weighted by Crippen LogP contribution is 2.28. The Morgan fingerprint density at radius 2 is 2.24 bits per heavy atom. The van der Waals surface area contributed by atoms with Crippen molar-refractivity contribution in [3.05, 3.63) is 23.8 Å². The van der Waals surface area contributed by atoms with Crippen LogP contribution >= 0.6 is 0 Å². The van der Waals surface area contributed by atoms with Gasteiger partial charge in [-0.3, -0.25) is 4.79 Å². The van der Waals surface area contributed by atoms with Crippen molar-refractivity contribution < 1.29 is 14.3 Å². The van der Waals surface area contributed by atoms with Crippen LogP contribution in [0, 0.1) is 11.3 Å². The molecule has 0 saturated heterocycles. The number of carbonyl (C=O) groups excluding carboxylic acids is 1. The Labute approximate surface area is 124 Å². The van der Waals surface area contributed by atoms with Crippen LogP contribution in [0.3, 0.4) is 0 Å². The molecule has 0 saturated carbocycles. The zero-order valence-electron chi connectivity index (χ0n) is 12.4. The van der Waals surface area contributed by atoms with E-state index in [9.17, 15) is 4.79 Å². The molecule has 1 atom stereocenters. The first-order valence-corrected chi connectivity index (χ1v) is 6.75. The van der Waals surface area contributed by atoms with Crippen molar-refractivity contribution in [2.75, 3.05) is 20.3 Å². The minimum absolute atomic E-state index is 0.0422. The molecule has 1 amide bonds. The molecule has 0 aliphatic rings. The van der Waals surface area contributed by atoms with Crippen LogP contribution in [-0.2, 0) is 11.2 Å². The summed E-state index contributed by atoms with van der Waals surface area (Å²) in [7, 11) is 1.54. The molecular weight excluding hydrogens is 270 g/mol. The molecule has 6 heteroatoms. The number of nitriles is 1. The lowest BCUT2D eigenvalue weighted by Gasteiger charge is -2.13. The first-order chi connectivity index (χ1) is 10.1. The summed E-state index contributed by atoms with van der Waals surface area (Å²) >= 11 is 0. The Kier molecular flexibility index (Phi) is 7.05. The van der Waals surface area contributed by atoms with Crippen molar-refractivity contribution in [1.29, 1.82) is 5.26 Å². The third-order valence-electron chi connectivity index (χ3n) is 2.70. The molecule has 0 aliphatic carbocycles. The summed E-state index contributed by atoms with van der Waals surface area (Å²) in [4.78, 5) is 11.5. The first-order valence-electron chi connectivity index (χ1n) is 6.75. The topological polar surface area (TPSA) is 97.4 Å². The third kappa shape index (κ3) is 6.15. The van der Waals surface area contributed by atoms with Gasteiger partial charge < -0.3 is 20.5 Å². The predicted molar refractivity (Wildman–Crippen MR) is 79.1 cm³/mol. The number of ether oxygens (including phenoxy) is 2. The lowest BCUT2D eigenvalue weighted by atomic mass is 10.1. The van der Waals surface area contributed by atoms with Gasteiger partial charge in [-0.25, -0.2) is 0 Å². The fourth-order valence-electron chi connectivity index (χ4n) is 1.78. The summed E-state index contributed by atoms with van der Waals surface area (Å²) in [6.07, 6.45) is 0.994. The normalized spacial score (nSPS) is 11.3. The molecule has 0 fully saturated rings. The molecule has 6 nitrogen and oxygen atoms in total. The maximum Gasteiger partial charge on any atom is 0.257 e. The molecule has 114 valence electrons. The van der Waals surface area contributed by atoms with E-state index in [-0.39, 0.29) is 25.0 Å². The smallest absolute Gasteiger partial charge is 0.257 e. The standard InChI is InChI=1S/C15H21N3O3/c1-11(17)8-12-4-5-13(20-2)14(9-12)21-10-15(19)18-7-3-6-16/h4-5,9,11H,3,7-8,10,17H2,1-2H3,(H,18,19). The van der Waals surface area contributed by atoms with E-state index in [1.54, 1.807) is 13.2 Å². The Bertz CT molecular complexity index is 509. The second kappa shape index (κ2) is 8.82. The Morgan fingerprint density at radius 1 is 1.48 bits per heavy atom. The number of rotatable bonds is 8. The average Bonchev–Trinajstić information content (AvgIpc) is 2.45. The van der Waals surface area contributed by atoms with Gasteiger partial charge in [-0.1, -0.05) is 6.07 Å². The predicted octanol–water partition coefficient (Wildman–Crippen LogP) is 0.994. The monoisotopic (exact) mass is 291 g/mol. The third-order valence-corrected chi connectivity index (χ3v) is 2.70. The number of benzene rings is 1.